The summed E-state index contributed by atoms with van der Waals surface area (Å²) in [7, 11) is 0. The molecular formula is C24H21F2N5O. The topological polar surface area (TPSA) is 63.9 Å². The van der Waals surface area contributed by atoms with Gasteiger partial charge in [-0.25, -0.2) is 18.7 Å². The number of benzene rings is 2. The Kier molecular flexibility index (Phi) is 6.30. The molecule has 4 rings (SSSR count). The van der Waals surface area contributed by atoms with E-state index in [2.05, 4.69) is 15.1 Å². The van der Waals surface area contributed by atoms with Gasteiger partial charge in [0.05, 0.1) is 17.8 Å². The summed E-state index contributed by atoms with van der Waals surface area (Å²) in [6.07, 6.45) is 5.04. The number of halogens is 2. The van der Waals surface area contributed by atoms with Crippen molar-refractivity contribution in [1.82, 2.24) is 24.6 Å². The van der Waals surface area contributed by atoms with Gasteiger partial charge in [-0.15, -0.1) is 0 Å². The van der Waals surface area contributed by atoms with Gasteiger partial charge in [-0.3, -0.25) is 9.48 Å². The Morgan fingerprint density at radius 2 is 1.78 bits per heavy atom. The molecule has 0 atom stereocenters. The summed E-state index contributed by atoms with van der Waals surface area (Å²) >= 11 is 0. The van der Waals surface area contributed by atoms with Gasteiger partial charge in [0.25, 0.3) is 5.91 Å². The van der Waals surface area contributed by atoms with Gasteiger partial charge in [0.2, 0.25) is 0 Å². The van der Waals surface area contributed by atoms with Gasteiger partial charge < -0.3 is 4.90 Å². The Hall–Kier alpha value is -3.94. The number of amides is 1. The van der Waals surface area contributed by atoms with Crippen LogP contribution in [0.1, 0.15) is 17.3 Å². The van der Waals surface area contributed by atoms with Crippen LogP contribution in [-0.2, 0) is 6.54 Å². The smallest absolute Gasteiger partial charge is 0.254 e. The van der Waals surface area contributed by atoms with Gasteiger partial charge in [-0.05, 0) is 43.3 Å². The first-order valence-electron chi connectivity index (χ1n) is 10.2. The zero-order chi connectivity index (χ0) is 22.5. The maximum Gasteiger partial charge on any atom is 0.254 e. The lowest BCUT2D eigenvalue weighted by molar-refractivity contribution is 0.0758. The first kappa shape index (κ1) is 21.3. The van der Waals surface area contributed by atoms with Gasteiger partial charge in [-0.2, -0.15) is 5.10 Å². The fourth-order valence-electron chi connectivity index (χ4n) is 3.40. The molecule has 4 aromatic rings. The van der Waals surface area contributed by atoms with E-state index in [0.717, 1.165) is 12.1 Å². The highest BCUT2D eigenvalue weighted by molar-refractivity contribution is 6.00. The summed E-state index contributed by atoms with van der Waals surface area (Å²) < 4.78 is 28.4. The molecule has 0 bridgehead atoms. The highest BCUT2D eigenvalue weighted by Crippen LogP contribution is 2.22. The van der Waals surface area contributed by atoms with E-state index in [1.54, 1.807) is 46.4 Å². The van der Waals surface area contributed by atoms with Crippen LogP contribution in [0.4, 0.5) is 8.78 Å². The standard InChI is InChI=1S/C24H21F2N5O/c1-2-30(24(32)19-7-4-3-6-18(19)23-27-11-5-12-28-23)14-15-31-13-10-22(29-31)17-8-9-20(25)21(26)16-17/h3-13,16H,2,14-15H2,1H3. The molecule has 1 amide bonds. The quantitative estimate of drug-likeness (QED) is 0.432. The predicted molar refractivity (Wildman–Crippen MR) is 117 cm³/mol. The van der Waals surface area contributed by atoms with E-state index in [9.17, 15) is 13.6 Å². The van der Waals surface area contributed by atoms with Crippen molar-refractivity contribution in [2.24, 2.45) is 0 Å². The first-order valence-corrected chi connectivity index (χ1v) is 10.2. The lowest BCUT2D eigenvalue weighted by atomic mass is 10.1. The fourth-order valence-corrected chi connectivity index (χ4v) is 3.40. The monoisotopic (exact) mass is 433 g/mol. The minimum Gasteiger partial charge on any atom is -0.337 e. The molecule has 2 heterocycles. The van der Waals surface area contributed by atoms with Crippen molar-refractivity contribution in [2.45, 2.75) is 13.5 Å². The third-order valence-corrected chi connectivity index (χ3v) is 5.09. The average Bonchev–Trinajstić information content (AvgIpc) is 3.31. The number of hydrogen-bond acceptors (Lipinski definition) is 4. The Morgan fingerprint density at radius 3 is 2.53 bits per heavy atom. The van der Waals surface area contributed by atoms with E-state index >= 15 is 0 Å². The molecule has 2 aromatic heterocycles. The molecule has 0 spiro atoms. The van der Waals surface area contributed by atoms with Crippen molar-refractivity contribution in [3.05, 3.63) is 90.4 Å². The molecule has 6 nitrogen and oxygen atoms in total. The maximum absolute atomic E-state index is 13.5. The van der Waals surface area contributed by atoms with E-state index in [0.29, 0.717) is 47.8 Å². The van der Waals surface area contributed by atoms with Crippen LogP contribution >= 0.6 is 0 Å². The molecule has 0 fully saturated rings. The molecule has 0 N–H and O–H groups in total. The van der Waals surface area contributed by atoms with Gasteiger partial charge in [0.1, 0.15) is 0 Å². The molecule has 8 heteroatoms. The van der Waals surface area contributed by atoms with E-state index in [1.807, 2.05) is 25.1 Å². The molecule has 0 radical (unpaired) electrons. The number of rotatable bonds is 7. The van der Waals surface area contributed by atoms with Crippen LogP contribution in [0, 0.1) is 11.6 Å². The highest BCUT2D eigenvalue weighted by atomic mass is 19.2. The van der Waals surface area contributed by atoms with Crippen molar-refractivity contribution in [3.8, 4) is 22.6 Å². The molecule has 0 saturated heterocycles. The van der Waals surface area contributed by atoms with Gasteiger partial charge in [0.15, 0.2) is 17.5 Å². The van der Waals surface area contributed by atoms with E-state index in [1.165, 1.54) is 6.07 Å². The maximum atomic E-state index is 13.5. The van der Waals surface area contributed by atoms with E-state index in [4.69, 9.17) is 0 Å². The van der Waals surface area contributed by atoms with Crippen LogP contribution in [0.5, 0.6) is 0 Å². The minimum atomic E-state index is -0.916. The van der Waals surface area contributed by atoms with Crippen molar-refractivity contribution < 1.29 is 13.6 Å². The molecule has 0 unspecified atom stereocenters. The first-order chi connectivity index (χ1) is 15.6. The van der Waals surface area contributed by atoms with E-state index < -0.39 is 11.6 Å². The molecule has 0 saturated carbocycles. The molecule has 2 aromatic carbocycles. The summed E-state index contributed by atoms with van der Waals surface area (Å²) in [6.45, 7) is 3.31. The number of aromatic nitrogens is 4. The summed E-state index contributed by atoms with van der Waals surface area (Å²) in [5, 5.41) is 4.42. The Balaban J connectivity index is 1.49. The highest BCUT2D eigenvalue weighted by Gasteiger charge is 2.19. The van der Waals surface area contributed by atoms with Crippen molar-refractivity contribution >= 4 is 5.91 Å². The average molecular weight is 433 g/mol. The lowest BCUT2D eigenvalue weighted by Crippen LogP contribution is -2.34. The zero-order valence-electron chi connectivity index (χ0n) is 17.4. The minimum absolute atomic E-state index is 0.122. The molecule has 0 aliphatic carbocycles. The van der Waals surface area contributed by atoms with E-state index in [-0.39, 0.29) is 5.91 Å². The SMILES string of the molecule is CCN(CCn1ccc(-c2ccc(F)c(F)c2)n1)C(=O)c1ccccc1-c1ncccn1. The summed E-state index contributed by atoms with van der Waals surface area (Å²) in [5.74, 6) is -1.44. The number of hydrogen-bond donors (Lipinski definition) is 0. The van der Waals surface area contributed by atoms with Crippen molar-refractivity contribution in [3.63, 3.8) is 0 Å². The normalized spacial score (nSPS) is 10.8. The number of carbonyl (C=O) groups excluding carboxylic acids is 1. The molecule has 0 aliphatic heterocycles. The summed E-state index contributed by atoms with van der Waals surface area (Å²) in [5.41, 5.74) is 2.23. The van der Waals surface area contributed by atoms with Gasteiger partial charge in [-0.1, -0.05) is 18.2 Å². The summed E-state index contributed by atoms with van der Waals surface area (Å²) in [6, 6.07) is 14.4. The second-order valence-corrected chi connectivity index (χ2v) is 7.10. The van der Waals surface area contributed by atoms with Crippen molar-refractivity contribution in [1.29, 1.82) is 0 Å². The third kappa shape index (κ3) is 4.54. The van der Waals surface area contributed by atoms with Crippen LogP contribution in [0.25, 0.3) is 22.6 Å². The Morgan fingerprint density at radius 1 is 1.00 bits per heavy atom. The second kappa shape index (κ2) is 9.47. The number of carbonyl (C=O) groups is 1. The fraction of sp³-hybridized carbons (Fsp3) is 0.167. The van der Waals surface area contributed by atoms with Crippen LogP contribution < -0.4 is 0 Å². The molecular weight excluding hydrogens is 412 g/mol. The van der Waals surface area contributed by atoms with Crippen LogP contribution in [0.2, 0.25) is 0 Å². The van der Waals surface area contributed by atoms with Crippen LogP contribution in [-0.4, -0.2) is 43.6 Å². The predicted octanol–water partition coefficient (Wildman–Crippen LogP) is 4.45. The molecule has 0 aliphatic rings. The number of nitrogens with zero attached hydrogens (tertiary/aromatic N) is 5. The largest absolute Gasteiger partial charge is 0.337 e. The van der Waals surface area contributed by atoms with Gasteiger partial charge in [0, 0.05) is 42.8 Å². The molecule has 162 valence electrons. The third-order valence-electron chi connectivity index (χ3n) is 5.09. The second-order valence-electron chi connectivity index (χ2n) is 7.10. The number of likely N-dealkylation sites (N-methyl/N-ethyl adjacent to an activating group) is 1. The zero-order valence-corrected chi connectivity index (χ0v) is 17.4. The summed E-state index contributed by atoms with van der Waals surface area (Å²) in [4.78, 5) is 23.5. The van der Waals surface area contributed by atoms with Gasteiger partial charge >= 0.3 is 0 Å². The van der Waals surface area contributed by atoms with Crippen LogP contribution in [0.15, 0.2) is 73.2 Å². The Bertz CT molecular complexity index is 1230. The van der Waals surface area contributed by atoms with Crippen molar-refractivity contribution in [2.75, 3.05) is 13.1 Å². The Labute approximate surface area is 184 Å². The van der Waals surface area contributed by atoms with Crippen LogP contribution in [0.3, 0.4) is 0 Å². The molecule has 32 heavy (non-hydrogen) atoms. The lowest BCUT2D eigenvalue weighted by Gasteiger charge is -2.22.